The minimum Gasteiger partial charge on any atom is -1.00 e. The second kappa shape index (κ2) is 33.7. The van der Waals surface area contributed by atoms with E-state index in [-0.39, 0.29) is 30.9 Å². The van der Waals surface area contributed by atoms with Gasteiger partial charge in [-0.05, 0) is 17.4 Å². The average molecular weight is 215 g/mol. The molecule has 2 nitrogen and oxygen atoms in total. The third-order valence-electron chi connectivity index (χ3n) is 0.655. The molecule has 0 aromatic rings. The molecule has 0 saturated carbocycles. The Morgan fingerprint density at radius 3 is 1.36 bits per heavy atom. The number of carbonyl (C=O) groups excluding carboxylic acids is 2. The van der Waals surface area contributed by atoms with Gasteiger partial charge in [-0.3, -0.25) is 0 Å². The molecule has 0 fully saturated rings. The fraction of sp³-hybridized carbons (Fsp3) is 0.143. The van der Waals surface area contributed by atoms with Crippen LogP contribution in [0.4, 0.5) is 0 Å². The third kappa shape index (κ3) is 26.3. The SMILES string of the molecule is C1=CCC=C1.C=O.C=O.[Fe+2].[H-].[H-].[SiH3]. The zero-order valence-electron chi connectivity index (χ0n) is 8.60. The quantitative estimate of drug-likeness (QED) is 0.540. The molecular weight excluding hydrogens is 200 g/mol. The summed E-state index contributed by atoms with van der Waals surface area (Å²) in [4.78, 5) is 16.0. The summed E-state index contributed by atoms with van der Waals surface area (Å²) in [6, 6.07) is 0. The summed E-state index contributed by atoms with van der Waals surface area (Å²) in [6.07, 6.45) is 9.50. The molecule has 0 unspecified atom stereocenters. The molecule has 1 radical (unpaired) electrons. The molecule has 4 heteroatoms. The van der Waals surface area contributed by atoms with Gasteiger partial charge in [0.25, 0.3) is 0 Å². The second-order valence-electron chi connectivity index (χ2n) is 1.09. The van der Waals surface area contributed by atoms with Crippen molar-refractivity contribution in [2.45, 2.75) is 6.42 Å². The number of allylic oxidation sites excluding steroid dienone is 4. The number of rotatable bonds is 0. The molecule has 0 heterocycles. The van der Waals surface area contributed by atoms with E-state index in [0.29, 0.717) is 0 Å². The van der Waals surface area contributed by atoms with E-state index in [1.54, 1.807) is 0 Å². The molecule has 67 valence electrons. The van der Waals surface area contributed by atoms with Crippen LogP contribution in [0.25, 0.3) is 0 Å². The van der Waals surface area contributed by atoms with Crippen LogP contribution in [0.5, 0.6) is 0 Å². The van der Waals surface area contributed by atoms with Crippen LogP contribution < -0.4 is 0 Å². The predicted molar refractivity (Wildman–Crippen MR) is 49.3 cm³/mol. The van der Waals surface area contributed by atoms with E-state index < -0.39 is 0 Å². The molecule has 0 bridgehead atoms. The Morgan fingerprint density at radius 1 is 1.00 bits per heavy atom. The Labute approximate surface area is 85.2 Å². The standard InChI is InChI=1S/C5H6.2CH2O.Fe.H3Si.2H/c1-2-4-5-3-1;2*1-2;;;;/h1-4H,5H2;2*1H2;;1H3;;/q;;;+2;;2*-1. The van der Waals surface area contributed by atoms with Crippen molar-refractivity contribution in [2.75, 3.05) is 0 Å². The normalized spacial score (nSPS) is 8.73. The minimum absolute atomic E-state index is 0. The van der Waals surface area contributed by atoms with Crippen molar-refractivity contribution in [3.05, 3.63) is 24.3 Å². The van der Waals surface area contributed by atoms with Gasteiger partial charge in [0.2, 0.25) is 0 Å². The first-order chi connectivity index (χ1) is 4.50. The summed E-state index contributed by atoms with van der Waals surface area (Å²) in [5, 5.41) is 0. The number of hydrogen-bond donors (Lipinski definition) is 0. The Bertz CT molecular complexity index is 101. The molecule has 0 aromatic carbocycles. The summed E-state index contributed by atoms with van der Waals surface area (Å²) in [7, 11) is 0. The van der Waals surface area contributed by atoms with Crippen molar-refractivity contribution in [3.8, 4) is 0 Å². The van der Waals surface area contributed by atoms with E-state index in [1.165, 1.54) is 0 Å². The largest absolute Gasteiger partial charge is 2.00 e. The van der Waals surface area contributed by atoms with Crippen molar-refractivity contribution in [3.63, 3.8) is 0 Å². The maximum absolute atomic E-state index is 8.00. The van der Waals surface area contributed by atoms with Gasteiger partial charge < -0.3 is 12.4 Å². The van der Waals surface area contributed by atoms with Crippen LogP contribution in [0.15, 0.2) is 24.3 Å². The Kier molecular flexibility index (Phi) is 68.7. The van der Waals surface area contributed by atoms with E-state index in [4.69, 9.17) is 9.59 Å². The first kappa shape index (κ1) is 22.4. The molecule has 1 rings (SSSR count). The number of hydrogen-bond acceptors (Lipinski definition) is 2. The van der Waals surface area contributed by atoms with E-state index in [1.807, 2.05) is 13.6 Å². The van der Waals surface area contributed by atoms with Gasteiger partial charge in [0.15, 0.2) is 0 Å². The van der Waals surface area contributed by atoms with Crippen LogP contribution in [0, 0.1) is 0 Å². The van der Waals surface area contributed by atoms with E-state index in [2.05, 4.69) is 24.3 Å². The molecule has 1 aliphatic rings. The molecule has 0 spiro atoms. The molecule has 0 N–H and O–H groups in total. The summed E-state index contributed by atoms with van der Waals surface area (Å²) in [5.74, 6) is 0. The smallest absolute Gasteiger partial charge is 1.00 e. The predicted octanol–water partition coefficient (Wildman–Crippen LogP) is 0.171. The molecule has 0 saturated heterocycles. The molecule has 11 heavy (non-hydrogen) atoms. The molecule has 0 aromatic heterocycles. The Morgan fingerprint density at radius 2 is 1.27 bits per heavy atom. The van der Waals surface area contributed by atoms with Crippen LogP contribution in [0.1, 0.15) is 9.27 Å². The van der Waals surface area contributed by atoms with Crippen molar-refractivity contribution in [1.29, 1.82) is 0 Å². The van der Waals surface area contributed by atoms with Gasteiger partial charge in [0.1, 0.15) is 13.6 Å². The first-order valence-corrected chi connectivity index (χ1v) is 2.39. The van der Waals surface area contributed by atoms with Crippen molar-refractivity contribution in [1.82, 2.24) is 0 Å². The Hall–Kier alpha value is -0.444. The van der Waals surface area contributed by atoms with E-state index in [9.17, 15) is 0 Å². The third-order valence-corrected chi connectivity index (χ3v) is 0.655. The summed E-state index contributed by atoms with van der Waals surface area (Å²) >= 11 is 0. The van der Waals surface area contributed by atoms with Gasteiger partial charge >= 0.3 is 17.1 Å². The van der Waals surface area contributed by atoms with Crippen LogP contribution in [-0.2, 0) is 26.7 Å². The van der Waals surface area contributed by atoms with Gasteiger partial charge in [-0.25, -0.2) is 0 Å². The maximum atomic E-state index is 8.00. The van der Waals surface area contributed by atoms with Crippen LogP contribution in [0.2, 0.25) is 0 Å². The zero-order valence-corrected chi connectivity index (χ0v) is 9.70. The van der Waals surface area contributed by atoms with Crippen molar-refractivity contribution >= 4 is 24.5 Å². The average Bonchev–Trinajstić information content (AvgIpc) is 2.51. The fourth-order valence-corrected chi connectivity index (χ4v) is 0.393. The molecular formula is C7H15FeO2Si. The van der Waals surface area contributed by atoms with Crippen LogP contribution in [0.3, 0.4) is 0 Å². The summed E-state index contributed by atoms with van der Waals surface area (Å²) in [5.41, 5.74) is 0. The van der Waals surface area contributed by atoms with Crippen molar-refractivity contribution in [2.24, 2.45) is 0 Å². The first-order valence-electron chi connectivity index (χ1n) is 2.39. The van der Waals surface area contributed by atoms with Crippen LogP contribution >= 0.6 is 0 Å². The van der Waals surface area contributed by atoms with Gasteiger partial charge in [0, 0.05) is 0 Å². The number of carbonyl (C=O) groups is 2. The summed E-state index contributed by atoms with van der Waals surface area (Å²) < 4.78 is 0. The molecule has 0 atom stereocenters. The fourth-order valence-electron chi connectivity index (χ4n) is 0.393. The monoisotopic (exact) mass is 215 g/mol. The minimum atomic E-state index is 0. The Balaban J connectivity index is -0.0000000141. The molecule has 0 aliphatic heterocycles. The topological polar surface area (TPSA) is 34.1 Å². The van der Waals surface area contributed by atoms with E-state index >= 15 is 0 Å². The van der Waals surface area contributed by atoms with Crippen LogP contribution in [-0.4, -0.2) is 24.5 Å². The van der Waals surface area contributed by atoms with E-state index in [0.717, 1.165) is 6.42 Å². The second-order valence-corrected chi connectivity index (χ2v) is 1.09. The maximum Gasteiger partial charge on any atom is 2.00 e. The summed E-state index contributed by atoms with van der Waals surface area (Å²) in [6.45, 7) is 4.00. The molecule has 0 amide bonds. The van der Waals surface area contributed by atoms with Gasteiger partial charge in [-0.15, -0.1) is 0 Å². The van der Waals surface area contributed by atoms with Gasteiger partial charge in [-0.1, -0.05) is 24.3 Å². The zero-order chi connectivity index (χ0) is 7.54. The van der Waals surface area contributed by atoms with Gasteiger partial charge in [-0.2, -0.15) is 0 Å². The molecule has 1 aliphatic carbocycles. The van der Waals surface area contributed by atoms with Crippen molar-refractivity contribution < 1.29 is 29.5 Å². The van der Waals surface area contributed by atoms with Gasteiger partial charge in [0.05, 0.1) is 0 Å².